The molecule has 0 amide bonds. The molecule has 0 aromatic carbocycles. The molecule has 3 rings (SSSR count). The predicted octanol–water partition coefficient (Wildman–Crippen LogP) is 3.11. The smallest absolute Gasteiger partial charge is 0.356 e. The molecule has 0 unspecified atom stereocenters. The molecule has 1 aromatic heterocycles. The van der Waals surface area contributed by atoms with Gasteiger partial charge in [0, 0.05) is 50.6 Å². The Morgan fingerprint density at radius 2 is 2.00 bits per heavy atom. The molecule has 1 saturated carbocycles. The number of halogens is 4. The molecule has 0 bridgehead atoms. The number of hydrogen-bond acceptors (Lipinski definition) is 4. The van der Waals surface area contributed by atoms with Gasteiger partial charge in [-0.15, -0.1) is 35.3 Å². The van der Waals surface area contributed by atoms with Gasteiger partial charge in [0.2, 0.25) is 0 Å². The van der Waals surface area contributed by atoms with Crippen molar-refractivity contribution in [3.8, 4) is 0 Å². The van der Waals surface area contributed by atoms with Gasteiger partial charge in [0.1, 0.15) is 0 Å². The molecule has 1 saturated heterocycles. The molecule has 2 aliphatic rings. The Kier molecular flexibility index (Phi) is 7.95. The highest BCUT2D eigenvalue weighted by atomic mass is 127. The Labute approximate surface area is 172 Å². The largest absolute Gasteiger partial charge is 0.434 e. The first kappa shape index (κ1) is 21.7. The van der Waals surface area contributed by atoms with Gasteiger partial charge in [-0.3, -0.25) is 4.99 Å². The Bertz CT molecular complexity index is 595. The maximum Gasteiger partial charge on any atom is 0.434 e. The first-order valence-corrected chi connectivity index (χ1v) is 9.56. The van der Waals surface area contributed by atoms with E-state index in [-0.39, 0.29) is 24.0 Å². The van der Waals surface area contributed by atoms with E-state index in [1.807, 2.05) is 0 Å². The molecule has 1 aliphatic heterocycles. The lowest BCUT2D eigenvalue weighted by Gasteiger charge is -2.33. The fourth-order valence-corrected chi connectivity index (χ4v) is 3.89. The van der Waals surface area contributed by atoms with Crippen LogP contribution in [0.1, 0.15) is 36.4 Å². The van der Waals surface area contributed by atoms with Crippen LogP contribution in [0.2, 0.25) is 0 Å². The summed E-state index contributed by atoms with van der Waals surface area (Å²) in [5, 5.41) is 8.13. The number of aliphatic imine (C=N–C) groups is 1. The van der Waals surface area contributed by atoms with Crippen LogP contribution in [0.15, 0.2) is 10.4 Å². The number of likely N-dealkylation sites (tertiary alicyclic amines) is 1. The average Bonchev–Trinajstić information content (AvgIpc) is 3.31. The number of nitrogens with zero attached hydrogens (tertiary/aromatic N) is 3. The standard InChI is InChI=1S/C16H24F3N5S.HI/c1-20-15(22-11-5-8-24(9-6-11)12-2-3-12)21-7-4-14-23-13(10-25-14)16(17,18)19;/h10-12H,2-9H2,1H3,(H2,20,21,22);1H. The maximum absolute atomic E-state index is 12.5. The molecule has 0 spiro atoms. The van der Waals surface area contributed by atoms with E-state index in [0.717, 1.165) is 48.7 Å². The minimum absolute atomic E-state index is 0. The Hall–Kier alpha value is -0.620. The second kappa shape index (κ2) is 9.54. The van der Waals surface area contributed by atoms with Crippen molar-refractivity contribution in [1.29, 1.82) is 0 Å². The van der Waals surface area contributed by atoms with Crippen molar-refractivity contribution in [3.63, 3.8) is 0 Å². The molecule has 2 heterocycles. The Balaban J connectivity index is 0.00000243. The number of rotatable bonds is 5. The molecule has 5 nitrogen and oxygen atoms in total. The highest BCUT2D eigenvalue weighted by Crippen LogP contribution is 2.30. The summed E-state index contributed by atoms with van der Waals surface area (Å²) in [6.45, 7) is 2.75. The fourth-order valence-electron chi connectivity index (χ4n) is 3.08. The van der Waals surface area contributed by atoms with Crippen LogP contribution in [-0.2, 0) is 12.6 Å². The van der Waals surface area contributed by atoms with Crippen LogP contribution in [0.5, 0.6) is 0 Å². The Morgan fingerprint density at radius 1 is 1.31 bits per heavy atom. The van der Waals surface area contributed by atoms with Crippen molar-refractivity contribution in [2.24, 2.45) is 4.99 Å². The molecule has 2 fully saturated rings. The van der Waals surface area contributed by atoms with Crippen molar-refractivity contribution in [3.05, 3.63) is 16.1 Å². The monoisotopic (exact) mass is 503 g/mol. The molecule has 0 atom stereocenters. The van der Waals surface area contributed by atoms with Crippen LogP contribution in [0.3, 0.4) is 0 Å². The first-order valence-electron chi connectivity index (χ1n) is 8.68. The zero-order valence-corrected chi connectivity index (χ0v) is 17.8. The molecular weight excluding hydrogens is 478 g/mol. The van der Waals surface area contributed by atoms with Crippen LogP contribution < -0.4 is 10.6 Å². The summed E-state index contributed by atoms with van der Waals surface area (Å²) in [5.41, 5.74) is -0.808. The normalized spacial score (nSPS) is 19.9. The van der Waals surface area contributed by atoms with Gasteiger partial charge in [-0.2, -0.15) is 13.2 Å². The maximum atomic E-state index is 12.5. The number of alkyl halides is 3. The summed E-state index contributed by atoms with van der Waals surface area (Å²) in [6, 6.07) is 1.22. The summed E-state index contributed by atoms with van der Waals surface area (Å²) in [4.78, 5) is 10.4. The molecule has 10 heteroatoms. The van der Waals surface area contributed by atoms with E-state index >= 15 is 0 Å². The first-order chi connectivity index (χ1) is 12.0. The predicted molar refractivity (Wildman–Crippen MR) is 108 cm³/mol. The van der Waals surface area contributed by atoms with Gasteiger partial charge in [-0.1, -0.05) is 0 Å². The number of piperidine rings is 1. The minimum atomic E-state index is -4.37. The van der Waals surface area contributed by atoms with E-state index in [9.17, 15) is 13.2 Å². The third-order valence-electron chi connectivity index (χ3n) is 4.63. The van der Waals surface area contributed by atoms with E-state index in [4.69, 9.17) is 0 Å². The summed E-state index contributed by atoms with van der Waals surface area (Å²) < 4.78 is 37.6. The quantitative estimate of drug-likeness (QED) is 0.369. The van der Waals surface area contributed by atoms with Crippen molar-refractivity contribution < 1.29 is 13.2 Å². The highest BCUT2D eigenvalue weighted by molar-refractivity contribution is 14.0. The lowest BCUT2D eigenvalue weighted by Crippen LogP contribution is -2.49. The minimum Gasteiger partial charge on any atom is -0.356 e. The van der Waals surface area contributed by atoms with E-state index < -0.39 is 11.9 Å². The van der Waals surface area contributed by atoms with Crippen LogP contribution in [-0.4, -0.2) is 54.6 Å². The van der Waals surface area contributed by atoms with E-state index in [2.05, 4.69) is 25.5 Å². The third-order valence-corrected chi connectivity index (χ3v) is 5.54. The lowest BCUT2D eigenvalue weighted by atomic mass is 10.1. The van der Waals surface area contributed by atoms with Crippen molar-refractivity contribution in [1.82, 2.24) is 20.5 Å². The second-order valence-electron chi connectivity index (χ2n) is 6.56. The lowest BCUT2D eigenvalue weighted by molar-refractivity contribution is -0.140. The highest BCUT2D eigenvalue weighted by Gasteiger charge is 2.34. The van der Waals surface area contributed by atoms with Crippen LogP contribution in [0, 0.1) is 0 Å². The Morgan fingerprint density at radius 3 is 2.54 bits per heavy atom. The summed E-state index contributed by atoms with van der Waals surface area (Å²) >= 11 is 1.04. The number of guanidine groups is 1. The molecule has 26 heavy (non-hydrogen) atoms. The van der Waals surface area contributed by atoms with Crippen molar-refractivity contribution in [2.75, 3.05) is 26.7 Å². The number of thiazole rings is 1. The fraction of sp³-hybridized carbons (Fsp3) is 0.750. The topological polar surface area (TPSA) is 52.6 Å². The van der Waals surface area contributed by atoms with Gasteiger partial charge in [0.25, 0.3) is 0 Å². The van der Waals surface area contributed by atoms with E-state index in [1.165, 1.54) is 12.8 Å². The van der Waals surface area contributed by atoms with Gasteiger partial charge in [-0.25, -0.2) is 4.98 Å². The molecule has 148 valence electrons. The SMILES string of the molecule is CN=C(NCCc1nc(C(F)(F)F)cs1)NC1CCN(C2CC2)CC1.I. The summed E-state index contributed by atoms with van der Waals surface area (Å²) in [5.74, 6) is 0.706. The summed E-state index contributed by atoms with van der Waals surface area (Å²) in [6.07, 6.45) is 0.955. The number of aromatic nitrogens is 1. The third kappa shape index (κ3) is 6.22. The van der Waals surface area contributed by atoms with Gasteiger partial charge in [0.15, 0.2) is 11.7 Å². The molecule has 1 aliphatic carbocycles. The molecule has 2 N–H and O–H groups in total. The van der Waals surface area contributed by atoms with Crippen molar-refractivity contribution >= 4 is 41.3 Å². The van der Waals surface area contributed by atoms with Gasteiger partial charge in [-0.05, 0) is 25.7 Å². The van der Waals surface area contributed by atoms with E-state index in [1.54, 1.807) is 7.05 Å². The number of nitrogens with one attached hydrogen (secondary N) is 2. The second-order valence-corrected chi connectivity index (χ2v) is 7.50. The van der Waals surface area contributed by atoms with Gasteiger partial charge >= 0.3 is 6.18 Å². The molecule has 1 aromatic rings. The zero-order chi connectivity index (χ0) is 17.9. The van der Waals surface area contributed by atoms with Gasteiger partial charge < -0.3 is 15.5 Å². The van der Waals surface area contributed by atoms with E-state index in [0.29, 0.717) is 30.0 Å². The molecule has 0 radical (unpaired) electrons. The average molecular weight is 503 g/mol. The van der Waals surface area contributed by atoms with Gasteiger partial charge in [0.05, 0.1) is 5.01 Å². The number of hydrogen-bond donors (Lipinski definition) is 2. The van der Waals surface area contributed by atoms with Crippen LogP contribution >= 0.6 is 35.3 Å². The molecular formula is C16H25F3IN5S. The van der Waals surface area contributed by atoms with Crippen molar-refractivity contribution in [2.45, 2.75) is 50.4 Å². The van der Waals surface area contributed by atoms with Crippen LogP contribution in [0.4, 0.5) is 13.2 Å². The zero-order valence-electron chi connectivity index (χ0n) is 14.7. The summed E-state index contributed by atoms with van der Waals surface area (Å²) in [7, 11) is 1.71. The van der Waals surface area contributed by atoms with Crippen LogP contribution in [0.25, 0.3) is 0 Å².